The summed E-state index contributed by atoms with van der Waals surface area (Å²) < 4.78 is 42.7. The Morgan fingerprint density at radius 2 is 2.08 bits per heavy atom. The number of halogens is 3. The van der Waals surface area contributed by atoms with Gasteiger partial charge < -0.3 is 15.2 Å². The van der Waals surface area contributed by atoms with E-state index < -0.39 is 25.5 Å². The number of nitrogens with zero attached hydrogens (tertiary/aromatic N) is 4. The number of carboxylic acid groups (broad SMARTS) is 1. The lowest BCUT2D eigenvalue weighted by molar-refractivity contribution is -0.182. The van der Waals surface area contributed by atoms with Gasteiger partial charge in [-0.15, -0.1) is 0 Å². The van der Waals surface area contributed by atoms with Crippen molar-refractivity contribution in [2.45, 2.75) is 25.9 Å². The first-order chi connectivity index (χ1) is 11.7. The van der Waals surface area contributed by atoms with Gasteiger partial charge in [0.15, 0.2) is 5.69 Å². The van der Waals surface area contributed by atoms with E-state index in [-0.39, 0.29) is 24.6 Å². The lowest BCUT2D eigenvalue weighted by Crippen LogP contribution is -2.18. The molecule has 0 fully saturated rings. The van der Waals surface area contributed by atoms with Crippen molar-refractivity contribution < 1.29 is 32.6 Å². The molecule has 0 aromatic carbocycles. The van der Waals surface area contributed by atoms with Gasteiger partial charge in [0.2, 0.25) is 5.91 Å². The number of hydrogen-bond donors (Lipinski definition) is 2. The minimum Gasteiger partial charge on any atom is -0.476 e. The molecule has 0 unspecified atom stereocenters. The monoisotopic (exact) mass is 361 g/mol. The summed E-state index contributed by atoms with van der Waals surface area (Å²) in [5.41, 5.74) is 0.174. The van der Waals surface area contributed by atoms with Crippen LogP contribution in [0.4, 0.5) is 18.9 Å². The largest absolute Gasteiger partial charge is 0.476 e. The Balaban J connectivity index is 1.75. The van der Waals surface area contributed by atoms with Crippen molar-refractivity contribution in [3.63, 3.8) is 0 Å². The van der Waals surface area contributed by atoms with E-state index in [0.29, 0.717) is 5.69 Å². The summed E-state index contributed by atoms with van der Waals surface area (Å²) in [5, 5.41) is 18.8. The molecule has 0 aliphatic rings. The third kappa shape index (κ3) is 6.25. The van der Waals surface area contributed by atoms with Crippen LogP contribution in [0.1, 0.15) is 16.9 Å². The molecule has 2 aromatic rings. The van der Waals surface area contributed by atoms with Crippen molar-refractivity contribution in [2.75, 3.05) is 11.9 Å². The predicted molar refractivity (Wildman–Crippen MR) is 76.7 cm³/mol. The smallest absolute Gasteiger partial charge is 0.411 e. The van der Waals surface area contributed by atoms with Gasteiger partial charge in [-0.2, -0.15) is 23.4 Å². The lowest BCUT2D eigenvalue weighted by Gasteiger charge is -2.07. The summed E-state index contributed by atoms with van der Waals surface area (Å²) in [6.07, 6.45) is -0.365. The highest BCUT2D eigenvalue weighted by molar-refractivity contribution is 5.90. The van der Waals surface area contributed by atoms with Crippen molar-refractivity contribution in [1.82, 2.24) is 19.6 Å². The quantitative estimate of drug-likeness (QED) is 0.734. The highest BCUT2D eigenvalue weighted by Gasteiger charge is 2.27. The molecule has 136 valence electrons. The Morgan fingerprint density at radius 3 is 2.72 bits per heavy atom. The molecule has 9 nitrogen and oxygen atoms in total. The van der Waals surface area contributed by atoms with Crippen LogP contribution in [0, 0.1) is 0 Å². The molecular weight excluding hydrogens is 347 g/mol. The van der Waals surface area contributed by atoms with Gasteiger partial charge in [0, 0.05) is 19.2 Å². The number of amides is 1. The van der Waals surface area contributed by atoms with E-state index in [9.17, 15) is 22.8 Å². The van der Waals surface area contributed by atoms with Gasteiger partial charge >= 0.3 is 12.1 Å². The maximum absolute atomic E-state index is 12.0. The highest BCUT2D eigenvalue weighted by atomic mass is 19.4. The topological polar surface area (TPSA) is 111 Å². The Bertz CT molecular complexity index is 740. The second-order valence-electron chi connectivity index (χ2n) is 4.93. The second kappa shape index (κ2) is 7.79. The fraction of sp³-hybridized carbons (Fsp3) is 0.385. The van der Waals surface area contributed by atoms with E-state index >= 15 is 0 Å². The second-order valence-corrected chi connectivity index (χ2v) is 4.93. The minimum absolute atomic E-state index is 0.0243. The van der Waals surface area contributed by atoms with Crippen LogP contribution < -0.4 is 5.32 Å². The summed E-state index contributed by atoms with van der Waals surface area (Å²) in [5.74, 6) is -1.55. The number of aromatic nitrogens is 4. The van der Waals surface area contributed by atoms with Gasteiger partial charge in [0.25, 0.3) is 0 Å². The fourth-order valence-corrected chi connectivity index (χ4v) is 1.79. The number of rotatable bonds is 8. The summed E-state index contributed by atoms with van der Waals surface area (Å²) in [6.45, 7) is -1.63. The molecule has 1 amide bonds. The molecule has 0 bridgehead atoms. The molecule has 0 aliphatic carbocycles. The molecule has 2 aromatic heterocycles. The van der Waals surface area contributed by atoms with Crippen LogP contribution in [0.25, 0.3) is 0 Å². The molecule has 2 heterocycles. The van der Waals surface area contributed by atoms with Crippen LogP contribution in [-0.4, -0.2) is 49.3 Å². The Labute approximate surface area is 139 Å². The summed E-state index contributed by atoms with van der Waals surface area (Å²) >= 11 is 0. The number of nitrogens with one attached hydrogen (secondary N) is 1. The number of alkyl halides is 3. The zero-order valence-corrected chi connectivity index (χ0v) is 12.7. The standard InChI is InChI=1S/C13H14F3N5O4/c14-13(15,16)7-25-8-21-6-9(5-17-21)18-11(22)2-4-20-3-1-10(19-20)12(23)24/h1,3,5-6H,2,4,7-8H2,(H,18,22)(H,23,24). The Kier molecular flexibility index (Phi) is 5.75. The Morgan fingerprint density at radius 1 is 1.32 bits per heavy atom. The van der Waals surface area contributed by atoms with E-state index in [1.54, 1.807) is 0 Å². The zero-order valence-electron chi connectivity index (χ0n) is 12.7. The number of carboxylic acids is 1. The molecule has 0 saturated heterocycles. The van der Waals surface area contributed by atoms with Crippen LogP contribution in [0.15, 0.2) is 24.7 Å². The number of anilines is 1. The third-order valence-electron chi connectivity index (χ3n) is 2.83. The number of aromatic carboxylic acids is 1. The first kappa shape index (κ1) is 18.4. The van der Waals surface area contributed by atoms with Gasteiger partial charge in [-0.25, -0.2) is 9.48 Å². The molecule has 0 spiro atoms. The molecule has 0 aliphatic heterocycles. The van der Waals surface area contributed by atoms with Gasteiger partial charge in [0.1, 0.15) is 13.3 Å². The summed E-state index contributed by atoms with van der Waals surface area (Å²) in [7, 11) is 0. The van der Waals surface area contributed by atoms with Crippen LogP contribution in [0.3, 0.4) is 0 Å². The average molecular weight is 361 g/mol. The number of aryl methyl sites for hydroxylation is 1. The molecular formula is C13H14F3N5O4. The van der Waals surface area contributed by atoms with Crippen molar-refractivity contribution in [2.24, 2.45) is 0 Å². The van der Waals surface area contributed by atoms with Crippen molar-refractivity contribution >= 4 is 17.6 Å². The van der Waals surface area contributed by atoms with Crippen LogP contribution in [0.2, 0.25) is 0 Å². The number of carbonyl (C=O) groups is 2. The van der Waals surface area contributed by atoms with Crippen LogP contribution >= 0.6 is 0 Å². The highest BCUT2D eigenvalue weighted by Crippen LogP contribution is 2.15. The van der Waals surface area contributed by atoms with E-state index in [1.165, 1.54) is 29.3 Å². The van der Waals surface area contributed by atoms with Gasteiger partial charge in [-0.3, -0.25) is 9.48 Å². The first-order valence-electron chi connectivity index (χ1n) is 6.96. The normalized spacial score (nSPS) is 11.5. The molecule has 12 heteroatoms. The number of carbonyl (C=O) groups excluding carboxylic acids is 1. The summed E-state index contributed by atoms with van der Waals surface area (Å²) in [6, 6.07) is 1.31. The molecule has 2 rings (SSSR count). The third-order valence-corrected chi connectivity index (χ3v) is 2.83. The van der Waals surface area contributed by atoms with Gasteiger partial charge in [-0.05, 0) is 6.07 Å². The van der Waals surface area contributed by atoms with Gasteiger partial charge in [0.05, 0.1) is 18.1 Å². The molecule has 0 saturated carbocycles. The van der Waals surface area contributed by atoms with Crippen LogP contribution in [-0.2, 0) is 22.8 Å². The predicted octanol–water partition coefficient (Wildman–Crippen LogP) is 1.34. The minimum atomic E-state index is -4.42. The lowest BCUT2D eigenvalue weighted by atomic mass is 10.4. The molecule has 25 heavy (non-hydrogen) atoms. The SMILES string of the molecule is O=C(CCn1ccc(C(=O)O)n1)Nc1cnn(COCC(F)(F)F)c1. The van der Waals surface area contributed by atoms with Crippen LogP contribution in [0.5, 0.6) is 0 Å². The van der Waals surface area contributed by atoms with E-state index in [1.807, 2.05) is 0 Å². The van der Waals surface area contributed by atoms with E-state index in [0.717, 1.165) is 4.68 Å². The first-order valence-corrected chi connectivity index (χ1v) is 6.96. The Hall–Kier alpha value is -2.89. The fourth-order valence-electron chi connectivity index (χ4n) is 1.79. The maximum atomic E-state index is 12.0. The van der Waals surface area contributed by atoms with E-state index in [4.69, 9.17) is 5.11 Å². The number of hydrogen-bond acceptors (Lipinski definition) is 5. The van der Waals surface area contributed by atoms with E-state index in [2.05, 4.69) is 20.3 Å². The summed E-state index contributed by atoms with van der Waals surface area (Å²) in [4.78, 5) is 22.5. The molecule has 2 N–H and O–H groups in total. The average Bonchev–Trinajstić information content (AvgIpc) is 3.13. The van der Waals surface area contributed by atoms with Crippen molar-refractivity contribution in [1.29, 1.82) is 0 Å². The maximum Gasteiger partial charge on any atom is 0.411 e. The van der Waals surface area contributed by atoms with Crippen molar-refractivity contribution in [3.8, 4) is 0 Å². The van der Waals surface area contributed by atoms with Gasteiger partial charge in [-0.1, -0.05) is 0 Å². The molecule has 0 radical (unpaired) electrons. The zero-order chi connectivity index (χ0) is 18.4. The molecule has 0 atom stereocenters. The number of ether oxygens (including phenoxy) is 1. The van der Waals surface area contributed by atoms with Crippen molar-refractivity contribution in [3.05, 3.63) is 30.4 Å².